The molecule has 4 aromatic heterocycles. The second-order valence-electron chi connectivity index (χ2n) is 9.25. The fraction of sp³-hybridized carbons (Fsp3) is 0.478. The Morgan fingerprint density at radius 3 is 2.85 bits per heavy atom. The minimum Gasteiger partial charge on any atom is -0.355 e. The Labute approximate surface area is 190 Å². The maximum Gasteiger partial charge on any atom is 0.169 e. The van der Waals surface area contributed by atoms with E-state index in [9.17, 15) is 5.26 Å². The van der Waals surface area contributed by atoms with Gasteiger partial charge in [0, 0.05) is 18.4 Å². The first-order valence-corrected chi connectivity index (χ1v) is 11.5. The molecule has 33 heavy (non-hydrogen) atoms. The highest BCUT2D eigenvalue weighted by Crippen LogP contribution is 2.46. The van der Waals surface area contributed by atoms with Crippen LogP contribution < -0.4 is 0 Å². The summed E-state index contributed by atoms with van der Waals surface area (Å²) in [6.45, 7) is 2.95. The zero-order valence-corrected chi connectivity index (χ0v) is 18.5. The molecular formula is C23H25N9O. The van der Waals surface area contributed by atoms with Crippen molar-refractivity contribution >= 4 is 5.52 Å². The molecule has 1 saturated heterocycles. The molecule has 0 N–H and O–H groups in total. The van der Waals surface area contributed by atoms with Gasteiger partial charge in [-0.3, -0.25) is 4.68 Å². The predicted molar refractivity (Wildman–Crippen MR) is 119 cm³/mol. The summed E-state index contributed by atoms with van der Waals surface area (Å²) in [4.78, 5) is 6.58. The van der Waals surface area contributed by atoms with Gasteiger partial charge in [-0.2, -0.15) is 25.4 Å². The molecule has 10 nitrogen and oxygen atoms in total. The lowest BCUT2D eigenvalue weighted by atomic mass is 9.67. The number of rotatable bonds is 5. The number of hydrogen-bond donors (Lipinski definition) is 0. The summed E-state index contributed by atoms with van der Waals surface area (Å²) in [6.07, 6.45) is 14.5. The average Bonchev–Trinajstić information content (AvgIpc) is 3.58. The molecule has 5 heterocycles. The van der Waals surface area contributed by atoms with Crippen molar-refractivity contribution in [1.29, 1.82) is 5.26 Å². The molecule has 0 spiro atoms. The minimum absolute atomic E-state index is 0.125. The first-order chi connectivity index (χ1) is 16.1. The van der Waals surface area contributed by atoms with E-state index in [1.807, 2.05) is 33.9 Å². The third-order valence-corrected chi connectivity index (χ3v) is 6.78. The monoisotopic (exact) mass is 443 g/mol. The Balaban J connectivity index is 1.38. The van der Waals surface area contributed by atoms with Crippen LogP contribution in [0.5, 0.6) is 0 Å². The molecule has 6 rings (SSSR count). The summed E-state index contributed by atoms with van der Waals surface area (Å²) < 4.78 is 9.58. The number of nitrogens with zero attached hydrogens (tertiary/aromatic N) is 9. The van der Waals surface area contributed by atoms with Crippen LogP contribution in [-0.2, 0) is 10.3 Å². The van der Waals surface area contributed by atoms with E-state index in [1.54, 1.807) is 17.2 Å². The maximum absolute atomic E-state index is 9.37. The second-order valence-corrected chi connectivity index (χ2v) is 9.25. The van der Waals surface area contributed by atoms with Crippen molar-refractivity contribution < 1.29 is 4.74 Å². The molecule has 2 aliphatic rings. The van der Waals surface area contributed by atoms with Gasteiger partial charge in [0.15, 0.2) is 6.23 Å². The Bertz CT molecular complexity index is 1330. The van der Waals surface area contributed by atoms with E-state index in [0.717, 1.165) is 55.5 Å². The van der Waals surface area contributed by atoms with E-state index < -0.39 is 0 Å². The molecule has 1 atom stereocenters. The number of aromatic nitrogens is 8. The van der Waals surface area contributed by atoms with Crippen LogP contribution >= 0.6 is 0 Å². The number of nitriles is 1. The van der Waals surface area contributed by atoms with Crippen LogP contribution in [0.25, 0.3) is 28.2 Å². The zero-order valence-electron chi connectivity index (χ0n) is 18.5. The quantitative estimate of drug-likeness (QED) is 0.463. The largest absolute Gasteiger partial charge is 0.355 e. The van der Waals surface area contributed by atoms with Gasteiger partial charge >= 0.3 is 0 Å². The molecule has 10 heteroatoms. The number of ether oxygens (including phenoxy) is 1. The molecule has 1 aliphatic heterocycles. The standard InChI is InChI=1S/C23H25N9O/c1-16-10-23(11-16,6-7-24)31-14-17(12-26-31)22-20-5-8-25-30(20)15-19(28-22)18-13-27-32(29-18)21-4-2-3-9-33-21/h5,8,12-16,21H,2-4,6,9-11H2,1H3/t16-,21?,23-. The van der Waals surface area contributed by atoms with E-state index in [0.29, 0.717) is 23.7 Å². The summed E-state index contributed by atoms with van der Waals surface area (Å²) >= 11 is 0. The summed E-state index contributed by atoms with van der Waals surface area (Å²) in [7, 11) is 0. The molecular weight excluding hydrogens is 418 g/mol. The molecule has 1 saturated carbocycles. The lowest BCUT2D eigenvalue weighted by Gasteiger charge is -2.45. The third kappa shape index (κ3) is 3.40. The van der Waals surface area contributed by atoms with Gasteiger partial charge in [-0.15, -0.1) is 5.10 Å². The smallest absolute Gasteiger partial charge is 0.169 e. The van der Waals surface area contributed by atoms with E-state index in [1.165, 1.54) is 0 Å². The fourth-order valence-electron chi connectivity index (χ4n) is 5.20. The van der Waals surface area contributed by atoms with Crippen LogP contribution in [0.3, 0.4) is 0 Å². The van der Waals surface area contributed by atoms with Crippen LogP contribution in [0.1, 0.15) is 51.7 Å². The fourth-order valence-corrected chi connectivity index (χ4v) is 5.20. The van der Waals surface area contributed by atoms with Gasteiger partial charge < -0.3 is 4.74 Å². The summed E-state index contributed by atoms with van der Waals surface area (Å²) in [5.41, 5.74) is 3.69. The first kappa shape index (κ1) is 20.1. The van der Waals surface area contributed by atoms with Crippen LogP contribution in [-0.4, -0.2) is 46.0 Å². The van der Waals surface area contributed by atoms with E-state index in [4.69, 9.17) is 9.72 Å². The molecule has 0 bridgehead atoms. The van der Waals surface area contributed by atoms with Crippen molar-refractivity contribution in [3.63, 3.8) is 0 Å². The predicted octanol–water partition coefficient (Wildman–Crippen LogP) is 3.59. The van der Waals surface area contributed by atoms with Crippen molar-refractivity contribution in [3.8, 4) is 28.7 Å². The van der Waals surface area contributed by atoms with Gasteiger partial charge in [0.05, 0.1) is 54.0 Å². The Hall–Kier alpha value is -3.58. The van der Waals surface area contributed by atoms with Crippen molar-refractivity contribution in [3.05, 3.63) is 37.1 Å². The Kier molecular flexibility index (Phi) is 4.73. The molecule has 0 amide bonds. The van der Waals surface area contributed by atoms with Crippen molar-refractivity contribution in [2.24, 2.45) is 5.92 Å². The molecule has 2 fully saturated rings. The average molecular weight is 444 g/mol. The van der Waals surface area contributed by atoms with Gasteiger partial charge in [0.1, 0.15) is 11.4 Å². The third-order valence-electron chi connectivity index (χ3n) is 6.78. The Morgan fingerprint density at radius 2 is 2.06 bits per heavy atom. The molecule has 0 radical (unpaired) electrons. The highest BCUT2D eigenvalue weighted by molar-refractivity contribution is 5.77. The highest BCUT2D eigenvalue weighted by Gasteiger charge is 2.44. The van der Waals surface area contributed by atoms with Crippen LogP contribution in [0.2, 0.25) is 0 Å². The van der Waals surface area contributed by atoms with Gasteiger partial charge in [-0.1, -0.05) is 6.92 Å². The molecule has 168 valence electrons. The lowest BCUT2D eigenvalue weighted by molar-refractivity contribution is -0.0479. The van der Waals surface area contributed by atoms with Crippen LogP contribution in [0.4, 0.5) is 0 Å². The van der Waals surface area contributed by atoms with Crippen molar-refractivity contribution in [2.45, 2.75) is 57.2 Å². The normalized spacial score (nSPS) is 25.1. The van der Waals surface area contributed by atoms with Crippen molar-refractivity contribution in [2.75, 3.05) is 6.61 Å². The van der Waals surface area contributed by atoms with Gasteiger partial charge in [0.25, 0.3) is 0 Å². The Morgan fingerprint density at radius 1 is 1.15 bits per heavy atom. The van der Waals surface area contributed by atoms with Crippen LogP contribution in [0.15, 0.2) is 37.1 Å². The molecule has 1 aliphatic carbocycles. The minimum atomic E-state index is -0.219. The second kappa shape index (κ2) is 7.78. The first-order valence-electron chi connectivity index (χ1n) is 11.5. The summed E-state index contributed by atoms with van der Waals surface area (Å²) in [5, 5.41) is 27.5. The number of fused-ring (bicyclic) bond motifs is 1. The van der Waals surface area contributed by atoms with Gasteiger partial charge in [-0.25, -0.2) is 9.50 Å². The van der Waals surface area contributed by atoms with Crippen molar-refractivity contribution in [1.82, 2.24) is 39.4 Å². The number of hydrogen-bond acceptors (Lipinski definition) is 7. The highest BCUT2D eigenvalue weighted by atomic mass is 16.5. The zero-order chi connectivity index (χ0) is 22.4. The summed E-state index contributed by atoms with van der Waals surface area (Å²) in [6, 6.07) is 4.28. The van der Waals surface area contributed by atoms with Crippen LogP contribution in [0, 0.1) is 17.2 Å². The molecule has 4 aromatic rings. The molecule has 1 unspecified atom stereocenters. The molecule has 0 aromatic carbocycles. The SMILES string of the molecule is C[C@H]1C[C@](CC#N)(n2cc(-c3nc(-c4cnn(C5CCCCO5)n4)cn4nccc34)cn2)C1. The lowest BCUT2D eigenvalue weighted by Crippen LogP contribution is -2.45. The van der Waals surface area contributed by atoms with Gasteiger partial charge in [-0.05, 0) is 44.1 Å². The van der Waals surface area contributed by atoms with E-state index in [-0.39, 0.29) is 11.8 Å². The maximum atomic E-state index is 9.37. The van der Waals surface area contributed by atoms with E-state index in [2.05, 4.69) is 33.4 Å². The summed E-state index contributed by atoms with van der Waals surface area (Å²) in [5.74, 6) is 0.602. The topological polar surface area (TPSA) is 112 Å². The van der Waals surface area contributed by atoms with Gasteiger partial charge in [0.2, 0.25) is 0 Å². The van der Waals surface area contributed by atoms with E-state index >= 15 is 0 Å².